The molecular formula is C24H42O9. The van der Waals surface area contributed by atoms with Crippen molar-refractivity contribution in [1.29, 1.82) is 0 Å². The number of hydrogen-bond donors (Lipinski definition) is 3. The number of unbranched alkanes of at least 4 members (excludes halogenated alkanes) is 6. The summed E-state index contributed by atoms with van der Waals surface area (Å²) in [7, 11) is 0. The zero-order valence-corrected chi connectivity index (χ0v) is 20.2. The van der Waals surface area contributed by atoms with E-state index in [0.717, 1.165) is 38.5 Å². The molecular weight excluding hydrogens is 432 g/mol. The summed E-state index contributed by atoms with van der Waals surface area (Å²) in [5.41, 5.74) is 0. The van der Waals surface area contributed by atoms with Crippen LogP contribution in [-0.2, 0) is 28.6 Å². The average Bonchev–Trinajstić information content (AvgIpc) is 2.78. The molecule has 1 fully saturated rings. The van der Waals surface area contributed by atoms with Gasteiger partial charge in [0.05, 0.1) is 0 Å². The van der Waals surface area contributed by atoms with Crippen LogP contribution < -0.4 is 0 Å². The first kappa shape index (κ1) is 29.3. The fourth-order valence-electron chi connectivity index (χ4n) is 3.76. The monoisotopic (exact) mass is 474 g/mol. The molecule has 0 spiro atoms. The van der Waals surface area contributed by atoms with Crippen LogP contribution >= 0.6 is 0 Å². The number of ether oxygens (including phenoxy) is 3. The fourth-order valence-corrected chi connectivity index (χ4v) is 3.76. The Hall–Kier alpha value is -1.71. The Labute approximate surface area is 196 Å². The summed E-state index contributed by atoms with van der Waals surface area (Å²) >= 11 is 0. The van der Waals surface area contributed by atoms with Gasteiger partial charge in [-0.2, -0.15) is 0 Å². The molecule has 1 rings (SSSR count). The summed E-state index contributed by atoms with van der Waals surface area (Å²) < 4.78 is 16.3. The summed E-state index contributed by atoms with van der Waals surface area (Å²) in [6, 6.07) is 0. The van der Waals surface area contributed by atoms with E-state index in [9.17, 15) is 29.7 Å². The molecule has 0 amide bonds. The van der Waals surface area contributed by atoms with Gasteiger partial charge in [-0.25, -0.2) is 0 Å². The lowest BCUT2D eigenvalue weighted by Gasteiger charge is -2.44. The molecule has 0 aromatic heterocycles. The van der Waals surface area contributed by atoms with E-state index in [0.29, 0.717) is 19.3 Å². The van der Waals surface area contributed by atoms with E-state index in [4.69, 9.17) is 14.2 Å². The van der Waals surface area contributed by atoms with Gasteiger partial charge in [0.1, 0.15) is 18.3 Å². The number of hydrogen-bond acceptors (Lipinski definition) is 9. The van der Waals surface area contributed by atoms with Crippen LogP contribution in [0.15, 0.2) is 0 Å². The molecule has 0 aliphatic heterocycles. The van der Waals surface area contributed by atoms with Gasteiger partial charge in [-0.3, -0.25) is 14.4 Å². The number of carbonyl (C=O) groups is 3. The van der Waals surface area contributed by atoms with Gasteiger partial charge < -0.3 is 29.5 Å². The lowest BCUT2D eigenvalue weighted by Crippen LogP contribution is -2.66. The maximum absolute atomic E-state index is 12.4. The molecule has 0 radical (unpaired) electrons. The highest BCUT2D eigenvalue weighted by Gasteiger charge is 2.55. The van der Waals surface area contributed by atoms with Crippen LogP contribution in [0.2, 0.25) is 0 Å². The number of rotatable bonds is 15. The molecule has 2 unspecified atom stereocenters. The van der Waals surface area contributed by atoms with Gasteiger partial charge in [0.15, 0.2) is 18.3 Å². The van der Waals surface area contributed by atoms with Crippen molar-refractivity contribution in [3.63, 3.8) is 0 Å². The number of esters is 3. The van der Waals surface area contributed by atoms with Crippen LogP contribution in [0, 0.1) is 0 Å². The second kappa shape index (κ2) is 16.0. The highest BCUT2D eigenvalue weighted by atomic mass is 16.6. The second-order valence-corrected chi connectivity index (χ2v) is 8.71. The largest absolute Gasteiger partial charge is 0.455 e. The Morgan fingerprint density at radius 2 is 0.818 bits per heavy atom. The zero-order valence-electron chi connectivity index (χ0n) is 20.2. The molecule has 1 aliphatic rings. The van der Waals surface area contributed by atoms with Crippen molar-refractivity contribution in [2.75, 3.05) is 0 Å². The molecule has 1 aliphatic carbocycles. The highest BCUT2D eigenvalue weighted by Crippen LogP contribution is 2.30. The Kier molecular flexibility index (Phi) is 14.2. The third-order valence-electron chi connectivity index (χ3n) is 5.78. The van der Waals surface area contributed by atoms with E-state index in [-0.39, 0.29) is 19.3 Å². The van der Waals surface area contributed by atoms with Gasteiger partial charge in [-0.05, 0) is 19.3 Å². The van der Waals surface area contributed by atoms with Crippen molar-refractivity contribution in [3.05, 3.63) is 0 Å². The van der Waals surface area contributed by atoms with Gasteiger partial charge in [0, 0.05) is 19.3 Å². The van der Waals surface area contributed by atoms with Gasteiger partial charge in [-0.15, -0.1) is 0 Å². The molecule has 1 saturated carbocycles. The van der Waals surface area contributed by atoms with Gasteiger partial charge >= 0.3 is 17.9 Å². The molecule has 3 N–H and O–H groups in total. The lowest BCUT2D eigenvalue weighted by molar-refractivity contribution is -0.248. The van der Waals surface area contributed by atoms with E-state index in [1.54, 1.807) is 0 Å². The van der Waals surface area contributed by atoms with Crippen molar-refractivity contribution >= 4 is 17.9 Å². The van der Waals surface area contributed by atoms with Crippen LogP contribution in [-0.4, -0.2) is 69.9 Å². The van der Waals surface area contributed by atoms with E-state index in [1.165, 1.54) is 0 Å². The average molecular weight is 475 g/mol. The Morgan fingerprint density at radius 1 is 0.515 bits per heavy atom. The fraction of sp³-hybridized carbons (Fsp3) is 0.875. The minimum absolute atomic E-state index is 0.0907. The van der Waals surface area contributed by atoms with E-state index in [1.807, 2.05) is 20.8 Å². The van der Waals surface area contributed by atoms with Crippen molar-refractivity contribution < 1.29 is 43.9 Å². The third-order valence-corrected chi connectivity index (χ3v) is 5.78. The Morgan fingerprint density at radius 3 is 1.12 bits per heavy atom. The Bertz CT molecular complexity index is 556. The van der Waals surface area contributed by atoms with Crippen molar-refractivity contribution in [2.45, 2.75) is 134 Å². The standard InChI is InChI=1S/C24H42O9/c1-4-7-10-13-16(25)31-22-20(29)19(28)21(30)23(32-17(26)14-11-8-5-2)24(22)33-18(27)15-12-9-6-3/h19-24,28-30H,4-15H2,1-3H3/t19?,20-,21-,22-,23+,24?/m1/s1. The summed E-state index contributed by atoms with van der Waals surface area (Å²) in [6.45, 7) is 5.96. The third kappa shape index (κ3) is 9.98. The molecule has 0 aromatic carbocycles. The quantitative estimate of drug-likeness (QED) is 0.186. The zero-order chi connectivity index (χ0) is 24.8. The van der Waals surface area contributed by atoms with Crippen LogP contribution in [0.4, 0.5) is 0 Å². The van der Waals surface area contributed by atoms with Crippen LogP contribution in [0.3, 0.4) is 0 Å². The molecule has 192 valence electrons. The summed E-state index contributed by atoms with van der Waals surface area (Å²) in [5.74, 6) is -1.88. The van der Waals surface area contributed by atoms with E-state index >= 15 is 0 Å². The summed E-state index contributed by atoms with van der Waals surface area (Å²) in [4.78, 5) is 37.1. The summed E-state index contributed by atoms with van der Waals surface area (Å²) in [6.07, 6.45) is -2.37. The number of carbonyl (C=O) groups excluding carboxylic acids is 3. The van der Waals surface area contributed by atoms with Gasteiger partial charge in [-0.1, -0.05) is 59.3 Å². The molecule has 0 bridgehead atoms. The Balaban J connectivity index is 3.04. The second-order valence-electron chi connectivity index (χ2n) is 8.71. The number of aliphatic hydroxyl groups excluding tert-OH is 3. The maximum atomic E-state index is 12.4. The van der Waals surface area contributed by atoms with E-state index < -0.39 is 54.5 Å². The maximum Gasteiger partial charge on any atom is 0.306 e. The molecule has 0 saturated heterocycles. The molecule has 9 nitrogen and oxygen atoms in total. The van der Waals surface area contributed by atoms with Crippen LogP contribution in [0.5, 0.6) is 0 Å². The van der Waals surface area contributed by atoms with Crippen molar-refractivity contribution in [3.8, 4) is 0 Å². The lowest BCUT2D eigenvalue weighted by atomic mass is 9.84. The van der Waals surface area contributed by atoms with Crippen LogP contribution in [0.25, 0.3) is 0 Å². The SMILES string of the molecule is CCCCCC(=O)OC1[C@@H](OC(=O)CCCCC)[C@H](O)C(O)[C@@H](O)[C@H]1OC(=O)CCCCC. The first-order chi connectivity index (χ1) is 15.8. The predicted molar refractivity (Wildman–Crippen MR) is 120 cm³/mol. The van der Waals surface area contributed by atoms with Crippen LogP contribution in [0.1, 0.15) is 97.8 Å². The minimum Gasteiger partial charge on any atom is -0.455 e. The van der Waals surface area contributed by atoms with E-state index in [2.05, 4.69) is 0 Å². The summed E-state index contributed by atoms with van der Waals surface area (Å²) in [5, 5.41) is 31.4. The van der Waals surface area contributed by atoms with Crippen molar-refractivity contribution in [1.82, 2.24) is 0 Å². The first-order valence-electron chi connectivity index (χ1n) is 12.4. The smallest absolute Gasteiger partial charge is 0.306 e. The predicted octanol–water partition coefficient (Wildman–Crippen LogP) is 2.56. The topological polar surface area (TPSA) is 140 Å². The molecule has 33 heavy (non-hydrogen) atoms. The van der Waals surface area contributed by atoms with Crippen molar-refractivity contribution in [2.24, 2.45) is 0 Å². The van der Waals surface area contributed by atoms with Gasteiger partial charge in [0.2, 0.25) is 0 Å². The van der Waals surface area contributed by atoms with Gasteiger partial charge in [0.25, 0.3) is 0 Å². The molecule has 0 heterocycles. The first-order valence-corrected chi connectivity index (χ1v) is 12.4. The normalized spacial score (nSPS) is 27.1. The number of aliphatic hydroxyl groups is 3. The highest BCUT2D eigenvalue weighted by molar-refractivity contribution is 5.71. The minimum atomic E-state index is -1.75. The molecule has 0 aromatic rings. The molecule has 6 atom stereocenters. The molecule has 9 heteroatoms.